The molecule has 0 aromatic heterocycles. The summed E-state index contributed by atoms with van der Waals surface area (Å²) in [5.41, 5.74) is 1.17. The van der Waals surface area contributed by atoms with Crippen molar-refractivity contribution in [3.63, 3.8) is 0 Å². The maximum Gasteiger partial charge on any atom is 0.410 e. The van der Waals surface area contributed by atoms with E-state index >= 15 is 0 Å². The van der Waals surface area contributed by atoms with Crippen molar-refractivity contribution in [1.29, 1.82) is 0 Å². The molecule has 1 atom stereocenters. The molecule has 1 heterocycles. The Kier molecular flexibility index (Phi) is 3.68. The first kappa shape index (κ1) is 13.5. The molecule has 0 radical (unpaired) electrons. The van der Waals surface area contributed by atoms with Crippen LogP contribution in [0.3, 0.4) is 0 Å². The predicted octanol–water partition coefficient (Wildman–Crippen LogP) is 3.98. The van der Waals surface area contributed by atoms with E-state index < -0.39 is 0 Å². The lowest BCUT2D eigenvalue weighted by Crippen LogP contribution is -2.60. The van der Waals surface area contributed by atoms with E-state index in [1.807, 2.05) is 35.2 Å². The van der Waals surface area contributed by atoms with Gasteiger partial charge in [-0.05, 0) is 43.6 Å². The monoisotopic (exact) mass is 273 g/mol. The van der Waals surface area contributed by atoms with Crippen LogP contribution in [0.2, 0.25) is 0 Å². The first-order valence-corrected chi connectivity index (χ1v) is 7.68. The van der Waals surface area contributed by atoms with Gasteiger partial charge < -0.3 is 9.64 Å². The molecule has 1 amide bonds. The molecule has 3 nitrogen and oxygen atoms in total. The number of carbonyl (C=O) groups excluding carboxylic acids is 1. The molecular weight excluding hydrogens is 250 g/mol. The van der Waals surface area contributed by atoms with Gasteiger partial charge in [0.25, 0.3) is 0 Å². The standard InChI is InChI=1S/C17H23NO2/c1-14-8-11-17(9-5-10-17)18(12-14)16(19)20-13-15-6-3-2-4-7-15/h2-4,6-7,14H,5,8-13H2,1H3. The van der Waals surface area contributed by atoms with Crippen molar-refractivity contribution in [2.24, 2.45) is 5.92 Å². The number of piperidine rings is 1. The minimum absolute atomic E-state index is 0.125. The summed E-state index contributed by atoms with van der Waals surface area (Å²) in [7, 11) is 0. The summed E-state index contributed by atoms with van der Waals surface area (Å²) in [6.45, 7) is 3.46. The van der Waals surface area contributed by atoms with Crippen LogP contribution in [0.15, 0.2) is 30.3 Å². The second kappa shape index (κ2) is 5.47. The van der Waals surface area contributed by atoms with Crippen molar-refractivity contribution in [2.75, 3.05) is 6.54 Å². The molecule has 2 fully saturated rings. The Bertz CT molecular complexity index is 467. The maximum absolute atomic E-state index is 12.4. The van der Waals surface area contributed by atoms with Gasteiger partial charge in [0.05, 0.1) is 0 Å². The molecule has 3 heteroatoms. The molecule has 1 spiro atoms. The van der Waals surface area contributed by atoms with E-state index in [1.54, 1.807) is 0 Å². The van der Waals surface area contributed by atoms with Crippen LogP contribution in [0.5, 0.6) is 0 Å². The molecule has 0 bridgehead atoms. The molecule has 1 saturated carbocycles. The SMILES string of the molecule is CC1CCC2(CCC2)N(C(=O)OCc2ccccc2)C1. The van der Waals surface area contributed by atoms with Crippen molar-refractivity contribution in [3.05, 3.63) is 35.9 Å². The van der Waals surface area contributed by atoms with E-state index in [4.69, 9.17) is 4.74 Å². The predicted molar refractivity (Wildman–Crippen MR) is 78.3 cm³/mol. The largest absolute Gasteiger partial charge is 0.445 e. The van der Waals surface area contributed by atoms with Gasteiger partial charge >= 0.3 is 6.09 Å². The third-order valence-electron chi connectivity index (χ3n) is 4.88. The van der Waals surface area contributed by atoms with Crippen LogP contribution >= 0.6 is 0 Å². The minimum Gasteiger partial charge on any atom is -0.445 e. The number of likely N-dealkylation sites (tertiary alicyclic amines) is 1. The number of carbonyl (C=O) groups is 1. The van der Waals surface area contributed by atoms with Crippen molar-refractivity contribution < 1.29 is 9.53 Å². The molecule has 108 valence electrons. The Morgan fingerprint density at radius 2 is 2.05 bits per heavy atom. The summed E-state index contributed by atoms with van der Waals surface area (Å²) in [6.07, 6.45) is 5.81. The van der Waals surface area contributed by atoms with E-state index in [2.05, 4.69) is 6.92 Å². The van der Waals surface area contributed by atoms with Crippen LogP contribution in [0, 0.1) is 5.92 Å². The summed E-state index contributed by atoms with van der Waals surface area (Å²) in [6, 6.07) is 9.90. The average molecular weight is 273 g/mol. The molecular formula is C17H23NO2. The van der Waals surface area contributed by atoms with Gasteiger partial charge in [-0.25, -0.2) is 4.79 Å². The Balaban J connectivity index is 1.63. The molecule has 0 N–H and O–H groups in total. The van der Waals surface area contributed by atoms with Gasteiger partial charge in [0.2, 0.25) is 0 Å². The number of ether oxygens (including phenoxy) is 1. The maximum atomic E-state index is 12.4. The lowest BCUT2D eigenvalue weighted by atomic mass is 9.69. The van der Waals surface area contributed by atoms with Gasteiger partial charge in [-0.2, -0.15) is 0 Å². The topological polar surface area (TPSA) is 29.5 Å². The molecule has 1 saturated heterocycles. The average Bonchev–Trinajstić information content (AvgIpc) is 2.44. The quantitative estimate of drug-likeness (QED) is 0.815. The van der Waals surface area contributed by atoms with E-state index in [-0.39, 0.29) is 11.6 Å². The summed E-state index contributed by atoms with van der Waals surface area (Å²) in [4.78, 5) is 14.5. The van der Waals surface area contributed by atoms with Crippen LogP contribution in [-0.4, -0.2) is 23.1 Å². The fraction of sp³-hybridized carbons (Fsp3) is 0.588. The summed E-state index contributed by atoms with van der Waals surface area (Å²) in [5, 5.41) is 0. The number of amides is 1. The highest BCUT2D eigenvalue weighted by Crippen LogP contribution is 2.45. The van der Waals surface area contributed by atoms with Crippen LogP contribution in [0.25, 0.3) is 0 Å². The summed E-state index contributed by atoms with van der Waals surface area (Å²) < 4.78 is 5.53. The fourth-order valence-electron chi connectivity index (χ4n) is 3.42. The minimum atomic E-state index is -0.125. The lowest BCUT2D eigenvalue weighted by molar-refractivity contribution is -0.0318. The van der Waals surface area contributed by atoms with Crippen LogP contribution in [0.1, 0.15) is 44.6 Å². The highest BCUT2D eigenvalue weighted by Gasteiger charge is 2.48. The Hall–Kier alpha value is -1.51. The van der Waals surface area contributed by atoms with Gasteiger partial charge in [-0.3, -0.25) is 0 Å². The zero-order valence-corrected chi connectivity index (χ0v) is 12.2. The Morgan fingerprint density at radius 3 is 2.70 bits per heavy atom. The number of hydrogen-bond donors (Lipinski definition) is 0. The first-order valence-electron chi connectivity index (χ1n) is 7.68. The van der Waals surface area contributed by atoms with Crippen LogP contribution < -0.4 is 0 Å². The van der Waals surface area contributed by atoms with Gasteiger partial charge in [0, 0.05) is 12.1 Å². The molecule has 1 aromatic rings. The molecule has 1 aliphatic carbocycles. The molecule has 3 rings (SSSR count). The molecule has 1 aliphatic heterocycles. The van der Waals surface area contributed by atoms with E-state index in [9.17, 15) is 4.79 Å². The highest BCUT2D eigenvalue weighted by molar-refractivity contribution is 5.69. The van der Waals surface area contributed by atoms with Gasteiger partial charge in [0.15, 0.2) is 0 Å². The third kappa shape index (κ3) is 2.54. The summed E-state index contributed by atoms with van der Waals surface area (Å²) in [5.74, 6) is 0.588. The number of hydrogen-bond acceptors (Lipinski definition) is 2. The highest BCUT2D eigenvalue weighted by atomic mass is 16.6. The van der Waals surface area contributed by atoms with Crippen molar-refractivity contribution >= 4 is 6.09 Å². The normalized spacial score (nSPS) is 24.2. The number of benzene rings is 1. The van der Waals surface area contributed by atoms with E-state index in [1.165, 1.54) is 12.8 Å². The van der Waals surface area contributed by atoms with Gasteiger partial charge in [-0.1, -0.05) is 37.3 Å². The van der Waals surface area contributed by atoms with Crippen molar-refractivity contribution in [3.8, 4) is 0 Å². The third-order valence-corrected chi connectivity index (χ3v) is 4.88. The number of rotatable bonds is 2. The van der Waals surface area contributed by atoms with Gasteiger partial charge in [-0.15, -0.1) is 0 Å². The second-order valence-corrected chi connectivity index (χ2v) is 6.37. The van der Waals surface area contributed by atoms with Gasteiger partial charge in [0.1, 0.15) is 6.61 Å². The molecule has 2 aliphatic rings. The van der Waals surface area contributed by atoms with Crippen molar-refractivity contribution in [2.45, 2.75) is 51.2 Å². The van der Waals surface area contributed by atoms with E-state index in [0.29, 0.717) is 12.5 Å². The Labute approximate surface area is 120 Å². The molecule has 1 aromatic carbocycles. The first-order chi connectivity index (χ1) is 9.70. The zero-order chi connectivity index (χ0) is 14.0. The molecule has 1 unspecified atom stereocenters. The van der Waals surface area contributed by atoms with Crippen LogP contribution in [0.4, 0.5) is 4.79 Å². The fourth-order valence-corrected chi connectivity index (χ4v) is 3.42. The lowest BCUT2D eigenvalue weighted by Gasteiger charge is -2.53. The summed E-state index contributed by atoms with van der Waals surface area (Å²) >= 11 is 0. The van der Waals surface area contributed by atoms with Crippen LogP contribution in [-0.2, 0) is 11.3 Å². The second-order valence-electron chi connectivity index (χ2n) is 6.37. The molecule has 20 heavy (non-hydrogen) atoms. The van der Waals surface area contributed by atoms with E-state index in [0.717, 1.165) is 31.4 Å². The Morgan fingerprint density at radius 1 is 1.30 bits per heavy atom. The number of nitrogens with zero attached hydrogens (tertiary/aromatic N) is 1. The van der Waals surface area contributed by atoms with Crippen molar-refractivity contribution in [1.82, 2.24) is 4.90 Å². The zero-order valence-electron chi connectivity index (χ0n) is 12.2. The smallest absolute Gasteiger partial charge is 0.410 e.